The molecule has 7 nitrogen and oxygen atoms in total. The Bertz CT molecular complexity index is 1220. The van der Waals surface area contributed by atoms with Crippen LogP contribution < -0.4 is 9.62 Å². The van der Waals surface area contributed by atoms with Crippen LogP contribution in [0.4, 0.5) is 18.9 Å². The fraction of sp³-hybridized carbons (Fsp3) is 0.462. The summed E-state index contributed by atoms with van der Waals surface area (Å²) in [5, 5.41) is 2.87. The van der Waals surface area contributed by atoms with E-state index in [9.17, 15) is 31.2 Å². The number of carbonyl (C=O) groups is 2. The van der Waals surface area contributed by atoms with Crippen molar-refractivity contribution in [1.29, 1.82) is 0 Å². The van der Waals surface area contributed by atoms with Crippen LogP contribution in [0.25, 0.3) is 0 Å². The largest absolute Gasteiger partial charge is 0.416 e. The Kier molecular flexibility index (Phi) is 11.2. The first-order valence-electron chi connectivity index (χ1n) is 12.1. The van der Waals surface area contributed by atoms with E-state index in [4.69, 9.17) is 0 Å². The van der Waals surface area contributed by atoms with Crippen LogP contribution in [0, 0.1) is 0 Å². The van der Waals surface area contributed by atoms with E-state index in [1.54, 1.807) is 6.92 Å². The highest BCUT2D eigenvalue weighted by atomic mass is 79.9. The third-order valence-corrected chi connectivity index (χ3v) is 7.71. The Balaban J connectivity index is 2.22. The summed E-state index contributed by atoms with van der Waals surface area (Å²) in [6.45, 7) is 5.36. The predicted molar refractivity (Wildman–Crippen MR) is 145 cm³/mol. The highest BCUT2D eigenvalue weighted by Gasteiger charge is 2.32. The van der Waals surface area contributed by atoms with Crippen molar-refractivity contribution in [2.75, 3.05) is 17.1 Å². The van der Waals surface area contributed by atoms with Crippen molar-refractivity contribution in [3.63, 3.8) is 0 Å². The summed E-state index contributed by atoms with van der Waals surface area (Å²) in [5.41, 5.74) is -0.319. The fourth-order valence-electron chi connectivity index (χ4n) is 3.72. The number of benzene rings is 2. The number of hydrogen-bond acceptors (Lipinski definition) is 4. The van der Waals surface area contributed by atoms with E-state index in [0.29, 0.717) is 0 Å². The van der Waals surface area contributed by atoms with Crippen molar-refractivity contribution < 1.29 is 31.2 Å². The molecule has 0 fully saturated rings. The van der Waals surface area contributed by atoms with Gasteiger partial charge in [0.25, 0.3) is 0 Å². The lowest BCUT2D eigenvalue weighted by atomic mass is 10.1. The lowest BCUT2D eigenvalue weighted by Crippen LogP contribution is -2.49. The van der Waals surface area contributed by atoms with Crippen molar-refractivity contribution in [2.45, 2.75) is 64.8 Å². The molecule has 38 heavy (non-hydrogen) atoms. The van der Waals surface area contributed by atoms with Gasteiger partial charge < -0.3 is 10.2 Å². The molecule has 12 heteroatoms. The number of alkyl halides is 3. The molecular weight excluding hydrogens is 587 g/mol. The molecule has 2 atom stereocenters. The van der Waals surface area contributed by atoms with Crippen LogP contribution in [0.5, 0.6) is 0 Å². The van der Waals surface area contributed by atoms with Gasteiger partial charge in [0.05, 0.1) is 17.5 Å². The van der Waals surface area contributed by atoms with E-state index in [2.05, 4.69) is 21.2 Å². The lowest BCUT2D eigenvalue weighted by Gasteiger charge is -2.30. The average molecular weight is 621 g/mol. The van der Waals surface area contributed by atoms with Gasteiger partial charge in [-0.3, -0.25) is 13.9 Å². The molecule has 0 spiro atoms. The maximum absolute atomic E-state index is 13.3. The van der Waals surface area contributed by atoms with Crippen molar-refractivity contribution in [3.05, 3.63) is 64.1 Å². The van der Waals surface area contributed by atoms with Crippen LogP contribution in [0.1, 0.15) is 51.2 Å². The van der Waals surface area contributed by atoms with Gasteiger partial charge in [-0.05, 0) is 62.6 Å². The second kappa shape index (κ2) is 13.5. The standard InChI is InChI=1S/C26H33BrF3N3O4S/c1-5-18(2)31-25(35)19(3)32(17-20-9-6-11-22(27)15-20)24(34)13-8-14-33(38(4,36)37)23-12-7-10-21(16-23)26(28,29)30/h6-7,9-12,15-16,18-19H,5,8,13-14,17H2,1-4H3,(H,31,35). The Labute approximate surface area is 230 Å². The molecule has 2 rings (SSSR count). The topological polar surface area (TPSA) is 86.8 Å². The molecule has 0 saturated heterocycles. The molecule has 0 aliphatic rings. The van der Waals surface area contributed by atoms with Crippen LogP contribution in [-0.2, 0) is 32.3 Å². The SMILES string of the molecule is CCC(C)NC(=O)C(C)N(Cc1cccc(Br)c1)C(=O)CCCN(c1cccc(C(F)(F)F)c1)S(C)(=O)=O. The molecule has 0 bridgehead atoms. The molecule has 0 aromatic heterocycles. The molecule has 2 aromatic carbocycles. The third-order valence-electron chi connectivity index (χ3n) is 6.02. The van der Waals surface area contributed by atoms with Gasteiger partial charge in [0.1, 0.15) is 6.04 Å². The second-order valence-electron chi connectivity index (χ2n) is 9.13. The minimum Gasteiger partial charge on any atom is -0.352 e. The smallest absolute Gasteiger partial charge is 0.352 e. The molecule has 0 heterocycles. The van der Waals surface area contributed by atoms with Crippen molar-refractivity contribution in [2.24, 2.45) is 0 Å². The van der Waals surface area contributed by atoms with Crippen LogP contribution in [0.2, 0.25) is 0 Å². The summed E-state index contributed by atoms with van der Waals surface area (Å²) in [6, 6.07) is 10.5. The van der Waals surface area contributed by atoms with Gasteiger partial charge >= 0.3 is 6.18 Å². The van der Waals surface area contributed by atoms with Crippen LogP contribution in [0.3, 0.4) is 0 Å². The quantitative estimate of drug-likeness (QED) is 0.347. The first-order valence-corrected chi connectivity index (χ1v) is 14.8. The van der Waals surface area contributed by atoms with Gasteiger partial charge in [0, 0.05) is 30.0 Å². The Hall–Kier alpha value is -2.60. The van der Waals surface area contributed by atoms with Gasteiger partial charge in [-0.25, -0.2) is 8.42 Å². The number of sulfonamides is 1. The molecular formula is C26H33BrF3N3O4S. The molecule has 0 radical (unpaired) electrons. The summed E-state index contributed by atoms with van der Waals surface area (Å²) in [7, 11) is -3.93. The monoisotopic (exact) mass is 619 g/mol. The minimum atomic E-state index is -4.63. The normalized spacial score (nSPS) is 13.5. The van der Waals surface area contributed by atoms with E-state index in [1.165, 1.54) is 11.0 Å². The van der Waals surface area contributed by atoms with Crippen molar-refractivity contribution in [1.82, 2.24) is 10.2 Å². The number of carbonyl (C=O) groups excluding carboxylic acids is 2. The number of nitrogens with zero attached hydrogens (tertiary/aromatic N) is 2. The highest BCUT2D eigenvalue weighted by molar-refractivity contribution is 9.10. The zero-order valence-electron chi connectivity index (χ0n) is 21.8. The molecule has 0 aliphatic carbocycles. The predicted octanol–water partition coefficient (Wildman–Crippen LogP) is 5.35. The Morgan fingerprint density at radius 2 is 1.74 bits per heavy atom. The molecule has 210 valence electrons. The number of amides is 2. The molecule has 2 unspecified atom stereocenters. The van der Waals surface area contributed by atoms with Gasteiger partial charge in [0.15, 0.2) is 0 Å². The number of hydrogen-bond donors (Lipinski definition) is 1. The number of nitrogens with one attached hydrogen (secondary N) is 1. The maximum Gasteiger partial charge on any atom is 0.416 e. The number of anilines is 1. The molecule has 0 saturated carbocycles. The third kappa shape index (κ3) is 9.30. The Morgan fingerprint density at radius 1 is 1.08 bits per heavy atom. The van der Waals surface area contributed by atoms with Crippen LogP contribution in [-0.4, -0.2) is 50.0 Å². The summed E-state index contributed by atoms with van der Waals surface area (Å²) in [4.78, 5) is 27.6. The highest BCUT2D eigenvalue weighted by Crippen LogP contribution is 2.32. The zero-order valence-corrected chi connectivity index (χ0v) is 24.2. The van der Waals surface area contributed by atoms with Crippen molar-refractivity contribution >= 4 is 43.5 Å². The van der Waals surface area contributed by atoms with Crippen LogP contribution in [0.15, 0.2) is 53.0 Å². The molecule has 1 N–H and O–H groups in total. The van der Waals surface area contributed by atoms with Gasteiger partial charge in [-0.15, -0.1) is 0 Å². The summed E-state index contributed by atoms with van der Waals surface area (Å²) in [6.07, 6.45) is -3.09. The summed E-state index contributed by atoms with van der Waals surface area (Å²) >= 11 is 3.40. The van der Waals surface area contributed by atoms with E-state index in [1.807, 2.05) is 38.1 Å². The first-order chi connectivity index (χ1) is 17.6. The Morgan fingerprint density at radius 3 is 2.32 bits per heavy atom. The minimum absolute atomic E-state index is 0.0385. The molecule has 2 aromatic rings. The molecule has 0 aliphatic heterocycles. The first kappa shape index (κ1) is 31.6. The fourth-order valence-corrected chi connectivity index (χ4v) is 5.13. The summed E-state index contributed by atoms with van der Waals surface area (Å²) in [5.74, 6) is -0.696. The molecule has 2 amide bonds. The maximum atomic E-state index is 13.3. The lowest BCUT2D eigenvalue weighted by molar-refractivity contribution is -0.140. The van der Waals surface area contributed by atoms with Gasteiger partial charge in [-0.2, -0.15) is 13.2 Å². The van der Waals surface area contributed by atoms with E-state index < -0.39 is 27.8 Å². The van der Waals surface area contributed by atoms with E-state index in [-0.39, 0.29) is 49.5 Å². The number of halogens is 4. The van der Waals surface area contributed by atoms with Gasteiger partial charge in [0.2, 0.25) is 21.8 Å². The van der Waals surface area contributed by atoms with Gasteiger partial charge in [-0.1, -0.05) is 41.1 Å². The number of rotatable bonds is 12. The zero-order chi connectivity index (χ0) is 28.7. The van der Waals surface area contributed by atoms with E-state index >= 15 is 0 Å². The second-order valence-corrected chi connectivity index (χ2v) is 12.0. The summed E-state index contributed by atoms with van der Waals surface area (Å²) < 4.78 is 66.0. The van der Waals surface area contributed by atoms with Crippen LogP contribution >= 0.6 is 15.9 Å². The average Bonchev–Trinajstić information content (AvgIpc) is 2.83. The van der Waals surface area contributed by atoms with E-state index in [0.717, 1.165) is 45.2 Å². The van der Waals surface area contributed by atoms with Crippen molar-refractivity contribution in [3.8, 4) is 0 Å².